The molecular formula is C11H6ClN3O2S. The van der Waals surface area contributed by atoms with E-state index in [1.54, 1.807) is 6.08 Å². The summed E-state index contributed by atoms with van der Waals surface area (Å²) in [5, 5.41) is 3.61. The predicted octanol–water partition coefficient (Wildman–Crippen LogP) is 2.23. The summed E-state index contributed by atoms with van der Waals surface area (Å²) in [6.07, 6.45) is 1.68. The summed E-state index contributed by atoms with van der Waals surface area (Å²) < 4.78 is 8.34. The Labute approximate surface area is 111 Å². The third-order valence-electron chi connectivity index (χ3n) is 2.51. The molecular weight excluding hydrogens is 274 g/mol. The number of hydrogen-bond donors (Lipinski definition) is 0. The molecule has 0 N–H and O–H groups in total. The van der Waals surface area contributed by atoms with Gasteiger partial charge in [0.1, 0.15) is 16.7 Å². The van der Waals surface area contributed by atoms with Crippen molar-refractivity contribution in [1.82, 2.24) is 8.75 Å². The van der Waals surface area contributed by atoms with Crippen LogP contribution < -0.4 is 0 Å². The van der Waals surface area contributed by atoms with Gasteiger partial charge in [-0.15, -0.1) is 11.6 Å². The number of fused-ring (bicyclic) bond motifs is 1. The van der Waals surface area contributed by atoms with Crippen LogP contribution in [0.1, 0.15) is 5.56 Å². The smallest absolute Gasteiger partial charge is 0.312 e. The first-order valence-electron chi connectivity index (χ1n) is 5.07. The molecule has 0 aliphatic carbocycles. The fraction of sp³-hybridized carbons (Fsp3) is 0.0909. The highest BCUT2D eigenvalue weighted by Gasteiger charge is 2.24. The molecule has 0 atom stereocenters. The van der Waals surface area contributed by atoms with Gasteiger partial charge in [0.15, 0.2) is 0 Å². The van der Waals surface area contributed by atoms with Crippen LogP contribution in [0.5, 0.6) is 0 Å². The summed E-state index contributed by atoms with van der Waals surface area (Å²) in [6.45, 7) is 0. The second kappa shape index (κ2) is 4.47. The van der Waals surface area contributed by atoms with Gasteiger partial charge >= 0.3 is 5.97 Å². The molecule has 1 aromatic carbocycles. The minimum absolute atomic E-state index is 0.128. The summed E-state index contributed by atoms with van der Waals surface area (Å²) in [7, 11) is 0. The second-order valence-corrected chi connectivity index (χ2v) is 4.38. The summed E-state index contributed by atoms with van der Waals surface area (Å²) in [6, 6.07) is 5.58. The molecule has 1 aromatic heterocycles. The van der Waals surface area contributed by atoms with Gasteiger partial charge in [0, 0.05) is 5.56 Å². The van der Waals surface area contributed by atoms with Crippen LogP contribution in [0.25, 0.3) is 17.1 Å². The molecule has 1 aliphatic heterocycles. The van der Waals surface area contributed by atoms with Crippen LogP contribution >= 0.6 is 23.3 Å². The number of oxime groups is 1. The molecule has 0 fully saturated rings. The fourth-order valence-electron chi connectivity index (χ4n) is 1.65. The zero-order valence-electron chi connectivity index (χ0n) is 8.96. The normalized spacial score (nSPS) is 17.3. The largest absolute Gasteiger partial charge is 0.367 e. The molecule has 1 aliphatic rings. The van der Waals surface area contributed by atoms with Crippen LogP contribution in [0, 0.1) is 0 Å². The van der Waals surface area contributed by atoms with Gasteiger partial charge in [0.25, 0.3) is 0 Å². The van der Waals surface area contributed by atoms with Gasteiger partial charge in [-0.25, -0.2) is 4.79 Å². The molecule has 0 spiro atoms. The highest BCUT2D eigenvalue weighted by molar-refractivity contribution is 7.00. The average Bonchev–Trinajstić information content (AvgIpc) is 2.98. The first-order chi connectivity index (χ1) is 8.79. The third kappa shape index (κ3) is 1.79. The van der Waals surface area contributed by atoms with E-state index in [1.165, 1.54) is 0 Å². The van der Waals surface area contributed by atoms with Crippen molar-refractivity contribution in [3.05, 3.63) is 29.3 Å². The zero-order valence-corrected chi connectivity index (χ0v) is 10.5. The Bertz CT molecular complexity index is 692. The molecule has 5 nitrogen and oxygen atoms in total. The minimum atomic E-state index is -0.495. The van der Waals surface area contributed by atoms with E-state index in [0.717, 1.165) is 28.3 Å². The number of halogens is 1. The van der Waals surface area contributed by atoms with Crippen LogP contribution in [0.2, 0.25) is 0 Å². The number of rotatable bonds is 2. The van der Waals surface area contributed by atoms with E-state index in [4.69, 9.17) is 11.6 Å². The Morgan fingerprint density at radius 3 is 3.11 bits per heavy atom. The number of benzene rings is 1. The van der Waals surface area contributed by atoms with Gasteiger partial charge in [-0.05, 0) is 12.1 Å². The third-order valence-corrected chi connectivity index (χ3v) is 3.31. The first kappa shape index (κ1) is 11.3. The number of carbonyl (C=O) groups is 1. The Morgan fingerprint density at radius 2 is 2.28 bits per heavy atom. The molecule has 0 saturated heterocycles. The molecule has 0 unspecified atom stereocenters. The summed E-state index contributed by atoms with van der Waals surface area (Å²) in [5.74, 6) is -0.367. The maximum absolute atomic E-state index is 11.5. The number of hydrogen-bond acceptors (Lipinski definition) is 6. The number of nitrogens with zero attached hydrogens (tertiary/aromatic N) is 3. The van der Waals surface area contributed by atoms with Gasteiger partial charge in [0.2, 0.25) is 0 Å². The Hall–Kier alpha value is -1.79. The summed E-state index contributed by atoms with van der Waals surface area (Å²) >= 11 is 6.83. The van der Waals surface area contributed by atoms with Crippen molar-refractivity contribution < 1.29 is 9.63 Å². The SMILES string of the molecule is O=C1ON=C(CCl)C1=Cc1cccc2nsnc12. The lowest BCUT2D eigenvalue weighted by Crippen LogP contribution is -2.06. The number of aromatic nitrogens is 2. The van der Waals surface area contributed by atoms with Crippen molar-refractivity contribution in [1.29, 1.82) is 0 Å². The molecule has 90 valence electrons. The molecule has 18 heavy (non-hydrogen) atoms. The molecule has 2 aromatic rings. The molecule has 0 bridgehead atoms. The van der Waals surface area contributed by atoms with E-state index in [0.29, 0.717) is 11.3 Å². The average molecular weight is 280 g/mol. The van der Waals surface area contributed by atoms with Gasteiger partial charge in [-0.2, -0.15) is 8.75 Å². The van der Waals surface area contributed by atoms with Gasteiger partial charge in [0.05, 0.1) is 23.2 Å². The van der Waals surface area contributed by atoms with Crippen molar-refractivity contribution in [3.8, 4) is 0 Å². The Kier molecular flexibility index (Phi) is 2.81. The van der Waals surface area contributed by atoms with E-state index >= 15 is 0 Å². The number of alkyl halides is 1. The van der Waals surface area contributed by atoms with E-state index in [-0.39, 0.29) is 5.88 Å². The van der Waals surface area contributed by atoms with E-state index in [9.17, 15) is 4.79 Å². The van der Waals surface area contributed by atoms with Crippen LogP contribution in [-0.4, -0.2) is 26.3 Å². The van der Waals surface area contributed by atoms with Gasteiger partial charge < -0.3 is 4.84 Å². The maximum Gasteiger partial charge on any atom is 0.367 e. The van der Waals surface area contributed by atoms with Crippen molar-refractivity contribution in [2.45, 2.75) is 0 Å². The van der Waals surface area contributed by atoms with Gasteiger partial charge in [-0.3, -0.25) is 0 Å². The molecule has 3 rings (SSSR count). The van der Waals surface area contributed by atoms with Gasteiger partial charge in [-0.1, -0.05) is 17.3 Å². The minimum Gasteiger partial charge on any atom is -0.312 e. The lowest BCUT2D eigenvalue weighted by atomic mass is 10.1. The standard InChI is InChI=1S/C11H6ClN3O2S/c12-5-9-7(11(16)17-13-9)4-6-2-1-3-8-10(6)15-18-14-8/h1-4H,5H2. The second-order valence-electron chi connectivity index (χ2n) is 3.59. The van der Waals surface area contributed by atoms with Crippen molar-refractivity contribution >= 4 is 52.1 Å². The Balaban J connectivity index is 2.13. The van der Waals surface area contributed by atoms with Crippen molar-refractivity contribution in [2.24, 2.45) is 5.16 Å². The van der Waals surface area contributed by atoms with Crippen molar-refractivity contribution in [3.63, 3.8) is 0 Å². The van der Waals surface area contributed by atoms with Crippen molar-refractivity contribution in [2.75, 3.05) is 5.88 Å². The number of carbonyl (C=O) groups excluding carboxylic acids is 1. The Morgan fingerprint density at radius 1 is 1.39 bits per heavy atom. The highest BCUT2D eigenvalue weighted by Crippen LogP contribution is 2.22. The highest BCUT2D eigenvalue weighted by atomic mass is 35.5. The molecule has 0 amide bonds. The molecule has 7 heteroatoms. The van der Waals surface area contributed by atoms with Crippen LogP contribution in [-0.2, 0) is 9.63 Å². The van der Waals surface area contributed by atoms with Crippen LogP contribution in [0.15, 0.2) is 28.9 Å². The first-order valence-corrected chi connectivity index (χ1v) is 6.33. The van der Waals surface area contributed by atoms with E-state index in [2.05, 4.69) is 18.7 Å². The molecule has 0 saturated carbocycles. The fourth-order valence-corrected chi connectivity index (χ4v) is 2.40. The van der Waals surface area contributed by atoms with E-state index < -0.39 is 5.97 Å². The lowest BCUT2D eigenvalue weighted by Gasteiger charge is -1.97. The van der Waals surface area contributed by atoms with E-state index in [1.807, 2.05) is 18.2 Å². The molecule has 0 radical (unpaired) electrons. The molecule has 2 heterocycles. The predicted molar refractivity (Wildman–Crippen MR) is 69.6 cm³/mol. The maximum atomic E-state index is 11.5. The quantitative estimate of drug-likeness (QED) is 0.480. The van der Waals surface area contributed by atoms with Crippen LogP contribution in [0.3, 0.4) is 0 Å². The summed E-state index contributed by atoms with van der Waals surface area (Å²) in [5.41, 5.74) is 3.15. The lowest BCUT2D eigenvalue weighted by molar-refractivity contribution is -0.136. The van der Waals surface area contributed by atoms with Crippen LogP contribution in [0.4, 0.5) is 0 Å². The zero-order chi connectivity index (χ0) is 12.5. The summed E-state index contributed by atoms with van der Waals surface area (Å²) in [4.78, 5) is 16.1. The monoisotopic (exact) mass is 279 g/mol. The topological polar surface area (TPSA) is 64.4 Å².